The predicted molar refractivity (Wildman–Crippen MR) is 811 cm³/mol. The second-order valence-electron chi connectivity index (χ2n) is 13.3. The van der Waals surface area contributed by atoms with Gasteiger partial charge >= 0.3 is 17.9 Å². The molecule has 0 aliphatic heterocycles. The lowest BCUT2D eigenvalue weighted by Gasteiger charge is -2.06. The van der Waals surface area contributed by atoms with Crippen molar-refractivity contribution in [2.45, 2.75) is 26.7 Å². The number of hydrogen-bond acceptors (Lipinski definition) is 16. The number of benzene rings is 3. The van der Waals surface area contributed by atoms with E-state index in [2.05, 4.69) is 47.8 Å². The molecule has 0 heterocycles. The van der Waals surface area contributed by atoms with Gasteiger partial charge in [-0.1, -0.05) is 47.8 Å². The molecule has 0 atom stereocenters. The molecule has 0 fully saturated rings. The molecule has 0 radical (unpaired) electrons. The first-order chi connectivity index (χ1) is 63.3. The Morgan fingerprint density at radius 1 is 0.240 bits per heavy atom. The van der Waals surface area contributed by atoms with Gasteiger partial charge in [0.25, 0.3) is 0 Å². The van der Waals surface area contributed by atoms with E-state index >= 15 is 0 Å². The largest absolute Gasteiger partial charge is 0.508 e. The van der Waals surface area contributed by atoms with Crippen LogP contribution in [0.1, 0.15) is 57.8 Å². The van der Waals surface area contributed by atoms with Crippen LogP contribution in [0.3, 0.4) is 0 Å². The molecule has 3 N–H and O–H groups in total. The Hall–Kier alpha value is 15.8. The molecule has 0 spiro atoms. The lowest BCUT2D eigenvalue weighted by Crippen LogP contribution is -2.04. The Labute approximate surface area is 1030 Å². The minimum Gasteiger partial charge on any atom is -0.508 e. The number of alkyl halides is 3. The number of ether oxygens (including phenoxy) is 3. The van der Waals surface area contributed by atoms with Crippen LogP contribution in [-0.4, -0.2) is 69.0 Å². The highest BCUT2D eigenvalue weighted by Crippen LogP contribution is 2.14. The highest BCUT2D eigenvalue weighted by molar-refractivity contribution is 9.10. The SMILES string of the molecule is BrCCCBr.CCOC(=O)c1ccc(O)cc1.CCOC(=O)c1ccc(OCCCBr)cc1.O=C(O)c1ccc(O)cc1.S=S=S=S=S=S=S=S=S=S=S=S=S=S=S=S=S=S=S=S.S=S=S=S=S=S=S=S=S=S=S=S=S=S=S=S=S=S=S=S=S.S=S=S=S=S=S=S=S=S=S=S=S=S=S=S=S=S=S=S=S=S=S.S=S=S=S=S=S=S=S=S=S=S=S=S=S=S=S=S=S=S=S=S=S=S. The van der Waals surface area contributed by atoms with Gasteiger partial charge in [-0.15, -0.1) is 0 Å². The number of hydrogen-bond donors (Lipinski definition) is 3. The van der Waals surface area contributed by atoms with E-state index in [1.54, 1.807) is 633 Å². The molecule has 9 nitrogen and oxygen atoms in total. The third-order valence-electron chi connectivity index (χ3n) is 6.73. The number of carboxylic acid groups (broad SMARTS) is 1. The zero-order valence-corrected chi connectivity index (χ0v) is 134. The summed E-state index contributed by atoms with van der Waals surface area (Å²) in [4.78, 5) is 32.6. The molecule has 129 heavy (non-hydrogen) atoms. The van der Waals surface area contributed by atoms with Gasteiger partial charge in [-0.25, -0.2) is 14.4 Å². The van der Waals surface area contributed by atoms with Crippen LogP contribution >= 0.6 is 47.8 Å². The molecule has 0 saturated carbocycles. The number of carbonyl (C=O) groups is 3. The number of aromatic carboxylic acids is 1. The Balaban J connectivity index is -0.000000464. The van der Waals surface area contributed by atoms with E-state index in [1.807, 2.05) is 26.6 Å². The summed E-state index contributed by atoms with van der Waals surface area (Å²) in [7, 11) is 134. The van der Waals surface area contributed by atoms with Crippen molar-refractivity contribution in [1.29, 1.82) is 0 Å². The van der Waals surface area contributed by atoms with Crippen LogP contribution in [0.15, 0.2) is 72.8 Å². The molecule has 0 aromatic heterocycles. The summed E-state index contributed by atoms with van der Waals surface area (Å²) in [6.07, 6.45) is 2.18. The van der Waals surface area contributed by atoms with Crippen molar-refractivity contribution in [3.05, 3.63) is 89.5 Å². The standard InChI is InChI=1S/C12H15BrO3.C9H10O3.C7H6O3.C3H6Br2.S23.S22.S21.S20/c1-2-15-12(14)10-4-6-11(7-5-10)16-9-3-8-13;1-2-12-9(11)7-3-5-8(10)6-4-7;8-6-3-1-5(2-4-6)7(9)10;4-2-1-3-5;1-3-5-7-9-11-13-15-17-19-21-23-22-20-18-16-14-12-10-8-6-4-2;1-3-5-7-9-11-13-15-17-19-21-22-20-18-16-14-12-10-8-6-4-2;1-3-5-7-9-11-13-15-17-19-21-20-18-16-14-12-10-8-6-4-2;1-3-5-7-9-11-13-15-17-19-20-18-16-14-12-10-8-6-4-2/h4-7H,2-3,8-9H2,1H3;3-6,10H,2H2,1H3;1-4,8H,(H,9,10);1-3H2;;;;. The van der Waals surface area contributed by atoms with Crippen molar-refractivity contribution < 1.29 is 43.9 Å². The molecule has 3 aromatic carbocycles. The number of esters is 2. The van der Waals surface area contributed by atoms with Gasteiger partial charge in [-0.05, 0) is 99.5 Å². The summed E-state index contributed by atoms with van der Waals surface area (Å²) in [6, 6.07) is 18.3. The van der Waals surface area contributed by atoms with E-state index in [4.69, 9.17) is 119 Å². The smallest absolute Gasteiger partial charge is 0.338 e. The van der Waals surface area contributed by atoms with Crippen molar-refractivity contribution in [2.24, 2.45) is 0 Å². The molecule has 0 amide bonds. The van der Waals surface area contributed by atoms with Gasteiger partial charge in [-0.2, -0.15) is 0 Å². The van der Waals surface area contributed by atoms with E-state index in [-0.39, 0.29) is 29.0 Å². The van der Waals surface area contributed by atoms with Crippen molar-refractivity contribution >= 4 is 848 Å². The molecule has 0 aliphatic rings. The number of halogens is 3. The number of carbonyl (C=O) groups excluding carboxylic acids is 2. The highest BCUT2D eigenvalue weighted by Gasteiger charge is 2.06. The number of phenolic OH excluding ortho intramolecular Hbond substituents is 2. The third-order valence-corrected chi connectivity index (χ3v) is 173. The van der Waals surface area contributed by atoms with Gasteiger partial charge in [0.1, 0.15) is 17.2 Å². The Bertz CT molecular complexity index is 7760. The van der Waals surface area contributed by atoms with E-state index in [0.29, 0.717) is 30.9 Å². The summed E-state index contributed by atoms with van der Waals surface area (Å²) >= 11 is 48.0. The summed E-state index contributed by atoms with van der Waals surface area (Å²) < 4.78 is 15.1. The highest BCUT2D eigenvalue weighted by atomic mass is 79.9. The molecule has 0 aliphatic carbocycles. The first-order valence-electron chi connectivity index (χ1n) is 26.9. The molecule has 752 valence electrons. The molecular weight excluding hydrogens is 3510 g/mol. The topological polar surface area (TPSA) is 140 Å². The zero-order valence-electron chi connectivity index (χ0n) is 59.1. The van der Waals surface area contributed by atoms with E-state index in [9.17, 15) is 14.4 Å². The van der Waals surface area contributed by atoms with Crippen molar-refractivity contribution in [3.63, 3.8) is 0 Å². The van der Waals surface area contributed by atoms with E-state index < -0.39 is 5.97 Å². The van der Waals surface area contributed by atoms with Crippen molar-refractivity contribution in [2.75, 3.05) is 35.8 Å². The van der Waals surface area contributed by atoms with Crippen LogP contribution in [0.5, 0.6) is 17.2 Å². The maximum absolute atomic E-state index is 11.3. The third kappa shape index (κ3) is 138. The van der Waals surface area contributed by atoms with Crippen LogP contribution in [0.25, 0.3) is 0 Å². The lowest BCUT2D eigenvalue weighted by molar-refractivity contribution is 0.0516. The molecule has 0 unspecified atom stereocenters. The van der Waals surface area contributed by atoms with Gasteiger partial charge in [0.05, 0.1) is 36.5 Å². The second-order valence-corrected chi connectivity index (χ2v) is 154. The van der Waals surface area contributed by atoms with Gasteiger partial charge in [-0.3, -0.25) is 0 Å². The van der Waals surface area contributed by atoms with Crippen LogP contribution in [0.4, 0.5) is 0 Å². The maximum Gasteiger partial charge on any atom is 0.338 e. The fraction of sp³-hybridized carbons (Fsp3) is 0.323. The number of phenols is 2. The lowest BCUT2D eigenvalue weighted by atomic mass is 10.2. The normalized spacial score (nSPS) is 8.10. The van der Waals surface area contributed by atoms with Crippen LogP contribution < -0.4 is 4.74 Å². The number of aromatic hydroxyl groups is 2. The Morgan fingerprint density at radius 3 is 0.519 bits per heavy atom. The van der Waals surface area contributed by atoms with Gasteiger partial charge < -0.3 is 29.5 Å². The minimum absolute atomic E-state index is 0.0741. The van der Waals surface area contributed by atoms with Crippen molar-refractivity contribution in [3.8, 4) is 17.2 Å². The summed E-state index contributed by atoms with van der Waals surface area (Å²) in [5, 5.41) is 29.2. The first-order valence-corrected chi connectivity index (χ1v) is 140. The van der Waals surface area contributed by atoms with Crippen molar-refractivity contribution in [1.82, 2.24) is 0 Å². The number of rotatable bonds is 11. The van der Waals surface area contributed by atoms with Gasteiger partial charge in [0.15, 0.2) is 0 Å². The second kappa shape index (κ2) is 142. The van der Waals surface area contributed by atoms with Gasteiger partial charge in [0, 0.05) is 798 Å². The first kappa shape index (κ1) is 153. The molecule has 0 saturated heterocycles. The minimum atomic E-state index is -0.986. The quantitative estimate of drug-likeness (QED) is 0.0984. The average molecular weight is 3550 g/mol. The Kier molecular flexibility index (Phi) is 168. The predicted octanol–water partition coefficient (Wildman–Crippen LogP) is 7.65. The van der Waals surface area contributed by atoms with E-state index in [1.165, 1.54) is 126 Å². The molecule has 3 rings (SSSR count). The molecule has 0 bridgehead atoms. The van der Waals surface area contributed by atoms with Gasteiger partial charge in [0.2, 0.25) is 0 Å². The summed E-state index contributed by atoms with van der Waals surface area (Å²) in [6.45, 7) is 4.96. The van der Waals surface area contributed by atoms with E-state index in [0.717, 1.165) is 28.2 Å². The number of carboxylic acids is 1. The van der Waals surface area contributed by atoms with Crippen LogP contribution in [0.2, 0.25) is 0 Å². The molecule has 3 aromatic rings. The fourth-order valence-electron chi connectivity index (χ4n) is 3.41. The summed E-state index contributed by atoms with van der Waals surface area (Å²) in [5.41, 5.74) is 1.18. The molecular formula is C31H37Br3O9S86. The fourth-order valence-corrected chi connectivity index (χ4v) is 197. The summed E-state index contributed by atoms with van der Waals surface area (Å²) in [5.74, 6) is -0.658. The zero-order chi connectivity index (χ0) is 95.6. The average Bonchev–Trinajstić information content (AvgIpc) is 0.889. The Morgan fingerprint density at radius 2 is 0.388 bits per heavy atom. The van der Waals surface area contributed by atoms with Crippen LogP contribution in [0, 0.1) is 0 Å². The maximum atomic E-state index is 11.3. The monoisotopic (exact) mass is 3540 g/mol. The molecule has 98 heteroatoms. The van der Waals surface area contributed by atoms with Crippen LogP contribution in [-0.2, 0) is 792 Å².